The van der Waals surface area contributed by atoms with E-state index in [2.05, 4.69) is 11.6 Å². The molecular weight excluding hydrogens is 208 g/mol. The second kappa shape index (κ2) is 5.06. The van der Waals surface area contributed by atoms with E-state index < -0.39 is 5.97 Å². The molecule has 0 radical (unpaired) electrons. The number of carboxylic acids is 1. The largest absolute Gasteiger partial charge is 0.478 e. The smallest absolute Gasteiger partial charge is 0.337 e. The lowest BCUT2D eigenvalue weighted by molar-refractivity contribution is 0.0694. The number of hydrogen-bond acceptors (Lipinski definition) is 3. The molecule has 0 atom stereocenters. The Kier molecular flexibility index (Phi) is 3.77. The number of nitrogens with zero attached hydrogens (tertiary/aromatic N) is 2. The monoisotopic (exact) mass is 220 g/mol. The number of likely N-dealkylation sites (N-methyl/N-ethyl adjacent to an activating group) is 1. The van der Waals surface area contributed by atoms with Crippen LogP contribution in [0.2, 0.25) is 0 Å². The van der Waals surface area contributed by atoms with Gasteiger partial charge in [-0.1, -0.05) is 6.08 Å². The molecule has 1 aromatic rings. The molecular formula is C11H12N2O3. The molecule has 1 N–H and O–H groups in total. The summed E-state index contributed by atoms with van der Waals surface area (Å²) in [5.74, 6) is -1.33. The van der Waals surface area contributed by atoms with Gasteiger partial charge in [-0.05, 0) is 12.1 Å². The second-order valence-corrected chi connectivity index (χ2v) is 3.21. The summed E-state index contributed by atoms with van der Waals surface area (Å²) in [7, 11) is 1.62. The van der Waals surface area contributed by atoms with Crippen LogP contribution >= 0.6 is 0 Å². The van der Waals surface area contributed by atoms with Crippen molar-refractivity contribution in [2.75, 3.05) is 13.6 Å². The molecule has 0 saturated carbocycles. The summed E-state index contributed by atoms with van der Waals surface area (Å²) in [5.41, 5.74) is 0.275. The van der Waals surface area contributed by atoms with E-state index in [-0.39, 0.29) is 17.2 Å². The predicted octanol–water partition coefficient (Wildman–Crippen LogP) is 1.04. The predicted molar refractivity (Wildman–Crippen MR) is 58.4 cm³/mol. The van der Waals surface area contributed by atoms with Crippen LogP contribution in [0.25, 0.3) is 0 Å². The third-order valence-corrected chi connectivity index (χ3v) is 1.98. The van der Waals surface area contributed by atoms with Crippen molar-refractivity contribution in [3.8, 4) is 0 Å². The van der Waals surface area contributed by atoms with E-state index in [0.29, 0.717) is 6.54 Å². The highest BCUT2D eigenvalue weighted by Gasteiger charge is 2.12. The van der Waals surface area contributed by atoms with Crippen molar-refractivity contribution in [2.45, 2.75) is 0 Å². The molecule has 0 unspecified atom stereocenters. The molecule has 5 heteroatoms. The Bertz CT molecular complexity index is 412. The highest BCUT2D eigenvalue weighted by molar-refractivity contribution is 5.93. The summed E-state index contributed by atoms with van der Waals surface area (Å²) in [5, 5.41) is 8.66. The van der Waals surface area contributed by atoms with Crippen LogP contribution in [0.15, 0.2) is 31.0 Å². The molecule has 0 spiro atoms. The summed E-state index contributed by atoms with van der Waals surface area (Å²) in [6, 6.07) is 2.75. The number of rotatable bonds is 4. The average molecular weight is 220 g/mol. The lowest BCUT2D eigenvalue weighted by atomic mass is 10.2. The van der Waals surface area contributed by atoms with Crippen LogP contribution in [-0.2, 0) is 0 Å². The normalized spacial score (nSPS) is 9.56. The van der Waals surface area contributed by atoms with Crippen LogP contribution in [0.4, 0.5) is 0 Å². The Morgan fingerprint density at radius 3 is 2.69 bits per heavy atom. The van der Waals surface area contributed by atoms with Crippen LogP contribution in [0, 0.1) is 0 Å². The minimum Gasteiger partial charge on any atom is -0.478 e. The highest BCUT2D eigenvalue weighted by atomic mass is 16.4. The van der Waals surface area contributed by atoms with Gasteiger partial charge in [0.15, 0.2) is 0 Å². The van der Waals surface area contributed by atoms with Crippen molar-refractivity contribution in [2.24, 2.45) is 0 Å². The first-order valence-corrected chi connectivity index (χ1v) is 4.62. The Morgan fingerprint density at radius 2 is 2.25 bits per heavy atom. The summed E-state index contributed by atoms with van der Waals surface area (Å²) in [6.07, 6.45) is 2.76. The fourth-order valence-electron chi connectivity index (χ4n) is 1.12. The fourth-order valence-corrected chi connectivity index (χ4v) is 1.12. The van der Waals surface area contributed by atoms with Crippen molar-refractivity contribution in [1.29, 1.82) is 0 Å². The summed E-state index contributed by atoms with van der Waals surface area (Å²) in [4.78, 5) is 27.5. The molecule has 84 valence electrons. The first-order valence-electron chi connectivity index (χ1n) is 4.62. The van der Waals surface area contributed by atoms with E-state index in [1.165, 1.54) is 17.0 Å². The molecule has 16 heavy (non-hydrogen) atoms. The molecule has 0 saturated heterocycles. The van der Waals surface area contributed by atoms with Crippen molar-refractivity contribution in [1.82, 2.24) is 9.88 Å². The van der Waals surface area contributed by atoms with Gasteiger partial charge in [0.1, 0.15) is 5.69 Å². The maximum absolute atomic E-state index is 11.7. The van der Waals surface area contributed by atoms with Gasteiger partial charge in [-0.25, -0.2) is 4.79 Å². The fraction of sp³-hybridized carbons (Fsp3) is 0.182. The average Bonchev–Trinajstić information content (AvgIpc) is 2.28. The Balaban J connectivity index is 2.85. The minimum atomic E-state index is -1.06. The number of carbonyl (C=O) groups excluding carboxylic acids is 1. The van der Waals surface area contributed by atoms with Crippen LogP contribution in [-0.4, -0.2) is 40.5 Å². The number of amides is 1. The van der Waals surface area contributed by atoms with Gasteiger partial charge in [0, 0.05) is 19.8 Å². The van der Waals surface area contributed by atoms with Crippen LogP contribution in [0.1, 0.15) is 20.8 Å². The first kappa shape index (κ1) is 11.9. The van der Waals surface area contributed by atoms with Gasteiger partial charge < -0.3 is 10.0 Å². The molecule has 1 aromatic heterocycles. The molecule has 1 rings (SSSR count). The minimum absolute atomic E-state index is 0.0583. The molecule has 0 bridgehead atoms. The van der Waals surface area contributed by atoms with Crippen LogP contribution in [0.3, 0.4) is 0 Å². The zero-order chi connectivity index (χ0) is 12.1. The SMILES string of the molecule is C=CCN(C)C(=O)c1ccc(C(=O)O)cn1. The van der Waals surface area contributed by atoms with Crippen molar-refractivity contribution in [3.05, 3.63) is 42.2 Å². The summed E-state index contributed by atoms with van der Waals surface area (Å²) >= 11 is 0. The van der Waals surface area contributed by atoms with Crippen LogP contribution < -0.4 is 0 Å². The van der Waals surface area contributed by atoms with Gasteiger partial charge in [-0.15, -0.1) is 6.58 Å². The highest BCUT2D eigenvalue weighted by Crippen LogP contribution is 2.03. The van der Waals surface area contributed by atoms with E-state index >= 15 is 0 Å². The maximum atomic E-state index is 11.7. The molecule has 0 aliphatic rings. The quantitative estimate of drug-likeness (QED) is 0.769. The van der Waals surface area contributed by atoms with Gasteiger partial charge in [-0.2, -0.15) is 0 Å². The number of aromatic nitrogens is 1. The van der Waals surface area contributed by atoms with E-state index in [0.717, 1.165) is 6.20 Å². The summed E-state index contributed by atoms with van der Waals surface area (Å²) < 4.78 is 0. The third-order valence-electron chi connectivity index (χ3n) is 1.98. The lowest BCUT2D eigenvalue weighted by Gasteiger charge is -2.13. The lowest BCUT2D eigenvalue weighted by Crippen LogP contribution is -2.27. The Morgan fingerprint density at radius 1 is 1.56 bits per heavy atom. The van der Waals surface area contributed by atoms with Crippen molar-refractivity contribution in [3.63, 3.8) is 0 Å². The van der Waals surface area contributed by atoms with E-state index in [1.54, 1.807) is 13.1 Å². The Labute approximate surface area is 93.0 Å². The molecule has 0 aromatic carbocycles. The topological polar surface area (TPSA) is 70.5 Å². The van der Waals surface area contributed by atoms with Gasteiger partial charge in [-0.3, -0.25) is 9.78 Å². The number of carbonyl (C=O) groups is 2. The summed E-state index contributed by atoms with van der Waals surface area (Å²) in [6.45, 7) is 3.94. The number of aromatic carboxylic acids is 1. The van der Waals surface area contributed by atoms with E-state index in [4.69, 9.17) is 5.11 Å². The molecule has 1 amide bonds. The van der Waals surface area contributed by atoms with Gasteiger partial charge in [0.05, 0.1) is 5.56 Å². The number of hydrogen-bond donors (Lipinski definition) is 1. The Hall–Kier alpha value is -2.17. The number of carboxylic acid groups (broad SMARTS) is 1. The van der Waals surface area contributed by atoms with Gasteiger partial charge in [0.25, 0.3) is 5.91 Å². The van der Waals surface area contributed by atoms with Gasteiger partial charge in [0.2, 0.25) is 0 Å². The molecule has 1 heterocycles. The standard InChI is InChI=1S/C11H12N2O3/c1-3-6-13(2)10(14)9-5-4-8(7-12-9)11(15)16/h3-5,7H,1,6H2,2H3,(H,15,16). The van der Waals surface area contributed by atoms with Crippen LogP contribution in [0.5, 0.6) is 0 Å². The van der Waals surface area contributed by atoms with Crippen molar-refractivity contribution < 1.29 is 14.7 Å². The molecule has 5 nitrogen and oxygen atoms in total. The molecule has 0 aliphatic carbocycles. The van der Waals surface area contributed by atoms with Crippen molar-refractivity contribution >= 4 is 11.9 Å². The van der Waals surface area contributed by atoms with Gasteiger partial charge >= 0.3 is 5.97 Å². The third kappa shape index (κ3) is 2.66. The first-order chi connectivity index (χ1) is 7.56. The zero-order valence-electron chi connectivity index (χ0n) is 8.88. The zero-order valence-corrected chi connectivity index (χ0v) is 8.88. The van der Waals surface area contributed by atoms with E-state index in [9.17, 15) is 9.59 Å². The molecule has 0 fully saturated rings. The molecule has 0 aliphatic heterocycles. The number of pyridine rings is 1. The van der Waals surface area contributed by atoms with E-state index in [1.807, 2.05) is 0 Å². The second-order valence-electron chi connectivity index (χ2n) is 3.21. The maximum Gasteiger partial charge on any atom is 0.337 e.